The van der Waals surface area contributed by atoms with Gasteiger partial charge in [-0.05, 0) is 17.7 Å². The van der Waals surface area contributed by atoms with Crippen LogP contribution in [0.3, 0.4) is 0 Å². The average Bonchev–Trinajstić information content (AvgIpc) is 2.62. The van der Waals surface area contributed by atoms with E-state index in [1.165, 1.54) is 7.05 Å². The lowest BCUT2D eigenvalue weighted by Crippen LogP contribution is -2.38. The number of benzene rings is 2. The van der Waals surface area contributed by atoms with Crippen molar-refractivity contribution < 1.29 is 22.7 Å². The Morgan fingerprint density at radius 1 is 1.08 bits per heavy atom. The third-order valence-electron chi connectivity index (χ3n) is 4.06. The van der Waals surface area contributed by atoms with Crippen LogP contribution in [0.1, 0.15) is 11.6 Å². The van der Waals surface area contributed by atoms with Gasteiger partial charge in [-0.1, -0.05) is 30.3 Å². The highest BCUT2D eigenvalue weighted by molar-refractivity contribution is 7.88. The number of fused-ring (bicyclic) bond motifs is 1. The SMILES string of the molecule is CN([C@H](C(=O)Nc1ccc2c(c1)OCCO2)c1ccccc1)S(C)(=O)=O. The molecule has 3 rings (SSSR count). The van der Waals surface area contributed by atoms with Crippen molar-refractivity contribution in [2.75, 3.05) is 31.8 Å². The van der Waals surface area contributed by atoms with Gasteiger partial charge in [-0.3, -0.25) is 4.79 Å². The number of likely N-dealkylation sites (N-methyl/N-ethyl adjacent to an activating group) is 1. The van der Waals surface area contributed by atoms with Gasteiger partial charge in [-0.15, -0.1) is 0 Å². The Morgan fingerprint density at radius 3 is 2.38 bits per heavy atom. The zero-order chi connectivity index (χ0) is 18.7. The molecule has 2 aromatic carbocycles. The van der Waals surface area contributed by atoms with Crippen LogP contribution in [-0.4, -0.2) is 45.1 Å². The van der Waals surface area contributed by atoms with Crippen LogP contribution in [0.25, 0.3) is 0 Å². The first-order valence-electron chi connectivity index (χ1n) is 8.05. The van der Waals surface area contributed by atoms with Crippen molar-refractivity contribution in [1.82, 2.24) is 4.31 Å². The molecule has 0 saturated heterocycles. The van der Waals surface area contributed by atoms with Crippen molar-refractivity contribution in [2.45, 2.75) is 6.04 Å². The fraction of sp³-hybridized carbons (Fsp3) is 0.278. The third kappa shape index (κ3) is 3.97. The Hall–Kier alpha value is -2.58. The second-order valence-corrected chi connectivity index (χ2v) is 7.98. The van der Waals surface area contributed by atoms with Crippen LogP contribution in [-0.2, 0) is 14.8 Å². The number of sulfonamides is 1. The highest BCUT2D eigenvalue weighted by Gasteiger charge is 2.31. The van der Waals surface area contributed by atoms with Crippen molar-refractivity contribution in [1.29, 1.82) is 0 Å². The van der Waals surface area contributed by atoms with E-state index in [4.69, 9.17) is 9.47 Å². The maximum Gasteiger partial charge on any atom is 0.247 e. The van der Waals surface area contributed by atoms with E-state index < -0.39 is 22.0 Å². The summed E-state index contributed by atoms with van der Waals surface area (Å²) in [6.45, 7) is 0.918. The molecule has 0 fully saturated rings. The molecule has 1 atom stereocenters. The summed E-state index contributed by atoms with van der Waals surface area (Å²) < 4.78 is 36.0. The summed E-state index contributed by atoms with van der Waals surface area (Å²) in [5, 5.41) is 2.76. The first-order valence-corrected chi connectivity index (χ1v) is 9.89. The lowest BCUT2D eigenvalue weighted by atomic mass is 10.1. The van der Waals surface area contributed by atoms with Gasteiger partial charge in [0.15, 0.2) is 11.5 Å². The summed E-state index contributed by atoms with van der Waals surface area (Å²) in [5.74, 6) is 0.699. The predicted octanol–water partition coefficient (Wildman–Crippen LogP) is 2.03. The minimum atomic E-state index is -3.57. The fourth-order valence-corrected chi connectivity index (χ4v) is 3.29. The predicted molar refractivity (Wildman–Crippen MR) is 97.9 cm³/mol. The van der Waals surface area contributed by atoms with Gasteiger partial charge >= 0.3 is 0 Å². The van der Waals surface area contributed by atoms with Crippen molar-refractivity contribution >= 4 is 21.6 Å². The van der Waals surface area contributed by atoms with Gasteiger partial charge in [0, 0.05) is 18.8 Å². The second kappa shape index (κ2) is 7.35. The van der Waals surface area contributed by atoms with Gasteiger partial charge in [0.05, 0.1) is 6.26 Å². The number of hydrogen-bond donors (Lipinski definition) is 1. The highest BCUT2D eigenvalue weighted by Crippen LogP contribution is 2.33. The molecule has 0 unspecified atom stereocenters. The summed E-state index contributed by atoms with van der Waals surface area (Å²) in [6, 6.07) is 12.8. The molecular formula is C18H20N2O5S. The van der Waals surface area contributed by atoms with E-state index in [9.17, 15) is 13.2 Å². The van der Waals surface area contributed by atoms with Crippen LogP contribution in [0, 0.1) is 0 Å². The zero-order valence-electron chi connectivity index (χ0n) is 14.5. The van der Waals surface area contributed by atoms with Gasteiger partial charge in [-0.2, -0.15) is 4.31 Å². The Balaban J connectivity index is 1.88. The average molecular weight is 376 g/mol. The summed E-state index contributed by atoms with van der Waals surface area (Å²) in [6.07, 6.45) is 1.07. The molecule has 0 spiro atoms. The molecule has 0 radical (unpaired) electrons. The van der Waals surface area contributed by atoms with E-state index in [1.807, 2.05) is 0 Å². The molecular weight excluding hydrogens is 356 g/mol. The molecule has 0 saturated carbocycles. The van der Waals surface area contributed by atoms with Gasteiger partial charge in [-0.25, -0.2) is 8.42 Å². The van der Waals surface area contributed by atoms with Crippen molar-refractivity contribution in [3.63, 3.8) is 0 Å². The molecule has 138 valence electrons. The van der Waals surface area contributed by atoms with E-state index in [1.54, 1.807) is 48.5 Å². The van der Waals surface area contributed by atoms with Crippen LogP contribution in [0.5, 0.6) is 11.5 Å². The van der Waals surface area contributed by atoms with Gasteiger partial charge in [0.2, 0.25) is 15.9 Å². The molecule has 1 amide bonds. The fourth-order valence-electron chi connectivity index (χ4n) is 2.68. The topological polar surface area (TPSA) is 84.9 Å². The lowest BCUT2D eigenvalue weighted by molar-refractivity contribution is -0.119. The molecule has 0 bridgehead atoms. The molecule has 26 heavy (non-hydrogen) atoms. The second-order valence-electron chi connectivity index (χ2n) is 5.94. The van der Waals surface area contributed by atoms with Crippen molar-refractivity contribution in [3.8, 4) is 11.5 Å². The number of carbonyl (C=O) groups excluding carboxylic acids is 1. The molecule has 1 N–H and O–H groups in total. The minimum Gasteiger partial charge on any atom is -0.486 e. The summed E-state index contributed by atoms with van der Waals surface area (Å²) in [4.78, 5) is 12.9. The van der Waals surface area contributed by atoms with Crippen molar-refractivity contribution in [2.24, 2.45) is 0 Å². The van der Waals surface area contributed by atoms with E-state index >= 15 is 0 Å². The Morgan fingerprint density at radius 2 is 1.73 bits per heavy atom. The van der Waals surface area contributed by atoms with E-state index in [-0.39, 0.29) is 0 Å². The number of nitrogens with zero attached hydrogens (tertiary/aromatic N) is 1. The standard InChI is InChI=1S/C18H20N2O5S/c1-20(26(2,22)23)17(13-6-4-3-5-7-13)18(21)19-14-8-9-15-16(12-14)25-11-10-24-15/h3-9,12,17H,10-11H2,1-2H3,(H,19,21)/t17-/m0/s1. The molecule has 1 heterocycles. The molecule has 0 aliphatic carbocycles. The number of ether oxygens (including phenoxy) is 2. The van der Waals surface area contributed by atoms with E-state index in [0.29, 0.717) is 36.0 Å². The van der Waals surface area contributed by atoms with Crippen molar-refractivity contribution in [3.05, 3.63) is 54.1 Å². The summed E-state index contributed by atoms with van der Waals surface area (Å²) in [5.41, 5.74) is 1.08. The largest absolute Gasteiger partial charge is 0.486 e. The maximum absolute atomic E-state index is 12.9. The van der Waals surface area contributed by atoms with Gasteiger partial charge in [0.25, 0.3) is 0 Å². The molecule has 2 aromatic rings. The Bertz CT molecular complexity index is 899. The van der Waals surface area contributed by atoms with E-state index in [0.717, 1.165) is 10.6 Å². The maximum atomic E-state index is 12.9. The summed E-state index contributed by atoms with van der Waals surface area (Å²) in [7, 11) is -2.19. The molecule has 7 nitrogen and oxygen atoms in total. The third-order valence-corrected chi connectivity index (χ3v) is 5.32. The molecule has 8 heteroatoms. The van der Waals surface area contributed by atoms with Crippen LogP contribution in [0.2, 0.25) is 0 Å². The summed E-state index contributed by atoms with van der Waals surface area (Å²) >= 11 is 0. The van der Waals surface area contributed by atoms with Crippen LogP contribution in [0.15, 0.2) is 48.5 Å². The van der Waals surface area contributed by atoms with Gasteiger partial charge in [0.1, 0.15) is 19.3 Å². The zero-order valence-corrected chi connectivity index (χ0v) is 15.3. The molecule has 0 aromatic heterocycles. The Kier molecular flexibility index (Phi) is 5.15. The minimum absolute atomic E-state index is 0.438. The smallest absolute Gasteiger partial charge is 0.247 e. The number of nitrogens with one attached hydrogen (secondary N) is 1. The van der Waals surface area contributed by atoms with Crippen LogP contribution < -0.4 is 14.8 Å². The monoisotopic (exact) mass is 376 g/mol. The first-order chi connectivity index (χ1) is 12.4. The molecule has 1 aliphatic rings. The highest BCUT2D eigenvalue weighted by atomic mass is 32.2. The number of rotatable bonds is 5. The number of amides is 1. The first kappa shape index (κ1) is 18.2. The Labute approximate surface area is 152 Å². The number of anilines is 1. The van der Waals surface area contributed by atoms with Crippen LogP contribution in [0.4, 0.5) is 5.69 Å². The van der Waals surface area contributed by atoms with Crippen LogP contribution >= 0.6 is 0 Å². The normalized spacial score (nSPS) is 14.7. The number of carbonyl (C=O) groups is 1. The quantitative estimate of drug-likeness (QED) is 0.863. The van der Waals surface area contributed by atoms with Gasteiger partial charge < -0.3 is 14.8 Å². The lowest BCUT2D eigenvalue weighted by Gasteiger charge is -2.26. The molecule has 1 aliphatic heterocycles. The van der Waals surface area contributed by atoms with E-state index in [2.05, 4.69) is 5.32 Å². The number of hydrogen-bond acceptors (Lipinski definition) is 5.